The first kappa shape index (κ1) is 11.5. The van der Waals surface area contributed by atoms with E-state index in [0.29, 0.717) is 13.0 Å². The van der Waals surface area contributed by atoms with Crippen LogP contribution in [0.15, 0.2) is 0 Å². The Bertz CT molecular complexity index is 185. The number of amides is 1. The molecule has 0 aromatic heterocycles. The van der Waals surface area contributed by atoms with Gasteiger partial charge < -0.3 is 15.0 Å². The molecule has 1 rings (SSSR count). The Hall–Kier alpha value is -0.610. The highest BCUT2D eigenvalue weighted by atomic mass is 16.5. The number of likely N-dealkylation sites (tertiary alicyclic amines) is 1. The molecule has 82 valence electrons. The zero-order valence-corrected chi connectivity index (χ0v) is 9.08. The lowest BCUT2D eigenvalue weighted by atomic mass is 10.1. The zero-order chi connectivity index (χ0) is 10.4. The minimum absolute atomic E-state index is 0.252. The van der Waals surface area contributed by atoms with Crippen LogP contribution in [0.5, 0.6) is 0 Å². The molecule has 14 heavy (non-hydrogen) atoms. The molecule has 1 aliphatic rings. The van der Waals surface area contributed by atoms with Gasteiger partial charge >= 0.3 is 0 Å². The van der Waals surface area contributed by atoms with Crippen molar-refractivity contribution in [2.45, 2.75) is 25.3 Å². The van der Waals surface area contributed by atoms with Crippen LogP contribution in [0, 0.1) is 0 Å². The summed E-state index contributed by atoms with van der Waals surface area (Å²) in [6.45, 7) is 2.32. The minimum Gasteiger partial charge on any atom is -0.383 e. The second kappa shape index (κ2) is 5.98. The molecule has 0 saturated carbocycles. The maximum atomic E-state index is 11.5. The predicted molar refractivity (Wildman–Crippen MR) is 55.2 cm³/mol. The van der Waals surface area contributed by atoms with Gasteiger partial charge in [0, 0.05) is 32.7 Å². The van der Waals surface area contributed by atoms with Crippen molar-refractivity contribution in [3.8, 4) is 0 Å². The fourth-order valence-corrected chi connectivity index (χ4v) is 1.75. The summed E-state index contributed by atoms with van der Waals surface area (Å²) in [6, 6.07) is 0.252. The highest BCUT2D eigenvalue weighted by molar-refractivity contribution is 5.76. The molecule has 0 aliphatic carbocycles. The molecule has 0 bridgehead atoms. The van der Waals surface area contributed by atoms with E-state index in [4.69, 9.17) is 4.74 Å². The SMILES string of the molecule is CNC(COC)CN1CCCCC1=O. The fourth-order valence-electron chi connectivity index (χ4n) is 1.75. The molecule has 0 radical (unpaired) electrons. The number of carbonyl (C=O) groups is 1. The van der Waals surface area contributed by atoms with E-state index in [-0.39, 0.29) is 11.9 Å². The summed E-state index contributed by atoms with van der Waals surface area (Å²) >= 11 is 0. The normalized spacial score (nSPS) is 19.9. The molecular weight excluding hydrogens is 180 g/mol. The molecule has 4 nitrogen and oxygen atoms in total. The number of likely N-dealkylation sites (N-methyl/N-ethyl adjacent to an activating group) is 1. The molecule has 1 N–H and O–H groups in total. The van der Waals surface area contributed by atoms with E-state index in [1.165, 1.54) is 0 Å². The van der Waals surface area contributed by atoms with Crippen molar-refractivity contribution >= 4 is 5.91 Å². The van der Waals surface area contributed by atoms with E-state index >= 15 is 0 Å². The van der Waals surface area contributed by atoms with Gasteiger partial charge in [0.25, 0.3) is 0 Å². The van der Waals surface area contributed by atoms with Crippen LogP contribution in [-0.2, 0) is 9.53 Å². The van der Waals surface area contributed by atoms with E-state index in [0.717, 1.165) is 25.9 Å². The van der Waals surface area contributed by atoms with Crippen LogP contribution in [0.3, 0.4) is 0 Å². The number of ether oxygens (including phenoxy) is 1. The smallest absolute Gasteiger partial charge is 0.222 e. The maximum Gasteiger partial charge on any atom is 0.222 e. The Balaban J connectivity index is 2.35. The quantitative estimate of drug-likeness (QED) is 0.691. The van der Waals surface area contributed by atoms with Crippen molar-refractivity contribution in [2.24, 2.45) is 0 Å². The Labute approximate surface area is 85.6 Å². The molecule has 1 fully saturated rings. The molecule has 1 unspecified atom stereocenters. The van der Waals surface area contributed by atoms with E-state index in [1.54, 1.807) is 7.11 Å². The van der Waals surface area contributed by atoms with Gasteiger partial charge in [-0.2, -0.15) is 0 Å². The number of carbonyl (C=O) groups excluding carboxylic acids is 1. The largest absolute Gasteiger partial charge is 0.383 e. The van der Waals surface area contributed by atoms with Gasteiger partial charge in [-0.3, -0.25) is 4.79 Å². The number of nitrogens with zero attached hydrogens (tertiary/aromatic N) is 1. The van der Waals surface area contributed by atoms with Crippen LogP contribution in [-0.4, -0.2) is 50.7 Å². The number of hydrogen-bond acceptors (Lipinski definition) is 3. The first-order chi connectivity index (χ1) is 6.77. The van der Waals surface area contributed by atoms with Gasteiger partial charge in [0.2, 0.25) is 5.91 Å². The lowest BCUT2D eigenvalue weighted by molar-refractivity contribution is -0.133. The molecule has 0 aromatic rings. The molecule has 1 aliphatic heterocycles. The topological polar surface area (TPSA) is 41.6 Å². The van der Waals surface area contributed by atoms with E-state index in [2.05, 4.69) is 5.32 Å². The molecule has 4 heteroatoms. The van der Waals surface area contributed by atoms with Gasteiger partial charge in [-0.25, -0.2) is 0 Å². The van der Waals surface area contributed by atoms with Crippen LogP contribution in [0.4, 0.5) is 0 Å². The van der Waals surface area contributed by atoms with Crippen molar-refractivity contribution in [3.05, 3.63) is 0 Å². The Morgan fingerprint density at radius 3 is 2.93 bits per heavy atom. The van der Waals surface area contributed by atoms with Crippen molar-refractivity contribution in [3.63, 3.8) is 0 Å². The van der Waals surface area contributed by atoms with Gasteiger partial charge in [0.15, 0.2) is 0 Å². The summed E-state index contributed by atoms with van der Waals surface area (Å²) in [6.07, 6.45) is 2.89. The van der Waals surface area contributed by atoms with Crippen LogP contribution in [0.1, 0.15) is 19.3 Å². The Morgan fingerprint density at radius 2 is 2.36 bits per heavy atom. The maximum absolute atomic E-state index is 11.5. The monoisotopic (exact) mass is 200 g/mol. The van der Waals surface area contributed by atoms with Crippen molar-refractivity contribution in [1.29, 1.82) is 0 Å². The summed E-state index contributed by atoms with van der Waals surface area (Å²) in [7, 11) is 3.58. The molecular formula is C10H20N2O2. The first-order valence-electron chi connectivity index (χ1n) is 5.22. The Kier molecular flexibility index (Phi) is 4.90. The van der Waals surface area contributed by atoms with Gasteiger partial charge in [-0.15, -0.1) is 0 Å². The second-order valence-electron chi connectivity index (χ2n) is 3.74. The predicted octanol–water partition coefficient (Wildman–Crippen LogP) is 0.233. The van der Waals surface area contributed by atoms with Crippen LogP contribution in [0.2, 0.25) is 0 Å². The lowest BCUT2D eigenvalue weighted by Crippen LogP contribution is -2.46. The number of piperidine rings is 1. The van der Waals surface area contributed by atoms with Crippen molar-refractivity contribution in [2.75, 3.05) is 33.9 Å². The summed E-state index contributed by atoms with van der Waals surface area (Å²) in [4.78, 5) is 13.4. The minimum atomic E-state index is 0.252. The number of hydrogen-bond donors (Lipinski definition) is 1. The second-order valence-corrected chi connectivity index (χ2v) is 3.74. The van der Waals surface area contributed by atoms with Crippen molar-refractivity contribution < 1.29 is 9.53 Å². The summed E-state index contributed by atoms with van der Waals surface area (Å²) in [5.41, 5.74) is 0. The van der Waals surface area contributed by atoms with Crippen molar-refractivity contribution in [1.82, 2.24) is 10.2 Å². The summed E-state index contributed by atoms with van der Waals surface area (Å²) in [5.74, 6) is 0.285. The fraction of sp³-hybridized carbons (Fsp3) is 0.900. The number of nitrogens with one attached hydrogen (secondary N) is 1. The molecule has 1 heterocycles. The summed E-state index contributed by atoms with van der Waals surface area (Å²) < 4.78 is 5.07. The Morgan fingerprint density at radius 1 is 1.57 bits per heavy atom. The van der Waals surface area contributed by atoms with Gasteiger partial charge in [-0.1, -0.05) is 0 Å². The van der Waals surface area contributed by atoms with Crippen LogP contribution < -0.4 is 5.32 Å². The number of methoxy groups -OCH3 is 1. The average Bonchev–Trinajstić information content (AvgIpc) is 2.20. The molecule has 1 amide bonds. The standard InChI is InChI=1S/C10H20N2O2/c1-11-9(8-14-2)7-12-6-4-3-5-10(12)13/h9,11H,3-8H2,1-2H3. The van der Waals surface area contributed by atoms with Gasteiger partial charge in [0.05, 0.1) is 6.61 Å². The highest BCUT2D eigenvalue weighted by Gasteiger charge is 2.20. The molecule has 1 saturated heterocycles. The van der Waals surface area contributed by atoms with E-state index in [1.807, 2.05) is 11.9 Å². The average molecular weight is 200 g/mol. The van der Waals surface area contributed by atoms with E-state index < -0.39 is 0 Å². The van der Waals surface area contributed by atoms with Crippen LogP contribution in [0.25, 0.3) is 0 Å². The van der Waals surface area contributed by atoms with E-state index in [9.17, 15) is 4.79 Å². The first-order valence-corrected chi connectivity index (χ1v) is 5.22. The molecule has 1 atom stereocenters. The summed E-state index contributed by atoms with van der Waals surface area (Å²) in [5, 5.41) is 3.15. The number of rotatable bonds is 5. The third-order valence-electron chi connectivity index (χ3n) is 2.64. The van der Waals surface area contributed by atoms with Gasteiger partial charge in [0.1, 0.15) is 0 Å². The third kappa shape index (κ3) is 3.27. The lowest BCUT2D eigenvalue weighted by Gasteiger charge is -2.30. The zero-order valence-electron chi connectivity index (χ0n) is 9.08. The molecule has 0 spiro atoms. The molecule has 0 aromatic carbocycles. The highest BCUT2D eigenvalue weighted by Crippen LogP contribution is 2.10. The van der Waals surface area contributed by atoms with Crippen LogP contribution >= 0.6 is 0 Å². The third-order valence-corrected chi connectivity index (χ3v) is 2.64. The van der Waals surface area contributed by atoms with Gasteiger partial charge in [-0.05, 0) is 19.9 Å².